The van der Waals surface area contributed by atoms with Crippen molar-refractivity contribution in [3.63, 3.8) is 0 Å². The smallest absolute Gasteiger partial charge is 0.306 e. The summed E-state index contributed by atoms with van der Waals surface area (Å²) in [4.78, 5) is 12.8. The highest BCUT2D eigenvalue weighted by Gasteiger charge is 2.59. The first kappa shape index (κ1) is 24.3. The van der Waals surface area contributed by atoms with E-state index in [0.717, 1.165) is 55.3 Å². The quantitative estimate of drug-likeness (QED) is 0.333. The molecule has 6 aliphatic rings. The zero-order valence-corrected chi connectivity index (χ0v) is 22.4. The summed E-state index contributed by atoms with van der Waals surface area (Å²) in [6.07, 6.45) is 21.9. The fourth-order valence-electron chi connectivity index (χ4n) is 10.5. The molecule has 35 heavy (non-hydrogen) atoms. The SMILES string of the molecule is CC(CCC(=O)OC1CC2CC=CC1C2)C1CCC2C3CC=C4CC(O)CCC4(C)C3CCC12C. The highest BCUT2D eigenvalue weighted by Crippen LogP contribution is 2.67. The van der Waals surface area contributed by atoms with Crippen LogP contribution in [0, 0.1) is 52.3 Å². The van der Waals surface area contributed by atoms with Gasteiger partial charge in [0.2, 0.25) is 0 Å². The van der Waals surface area contributed by atoms with Crippen LogP contribution < -0.4 is 0 Å². The summed E-state index contributed by atoms with van der Waals surface area (Å²) in [6.45, 7) is 7.56. The molecule has 0 spiro atoms. The van der Waals surface area contributed by atoms with E-state index < -0.39 is 0 Å². The number of esters is 1. The zero-order chi connectivity index (χ0) is 24.4. The Morgan fingerprint density at radius 3 is 2.80 bits per heavy atom. The Balaban J connectivity index is 1.08. The van der Waals surface area contributed by atoms with Gasteiger partial charge in [-0.15, -0.1) is 0 Å². The van der Waals surface area contributed by atoms with Crippen molar-refractivity contribution in [2.45, 2.75) is 116 Å². The summed E-state index contributed by atoms with van der Waals surface area (Å²) in [5.74, 6) is 5.02. The third-order valence-corrected chi connectivity index (χ3v) is 12.4. The number of carbonyl (C=O) groups is 1. The predicted molar refractivity (Wildman–Crippen MR) is 139 cm³/mol. The van der Waals surface area contributed by atoms with E-state index in [0.29, 0.717) is 29.1 Å². The Labute approximate surface area is 213 Å². The number of allylic oxidation sites excluding steroid dienone is 2. The van der Waals surface area contributed by atoms with Crippen molar-refractivity contribution in [2.75, 3.05) is 0 Å². The van der Waals surface area contributed by atoms with E-state index in [4.69, 9.17) is 4.74 Å². The monoisotopic (exact) mass is 480 g/mol. The molecule has 3 heteroatoms. The Morgan fingerprint density at radius 1 is 1.11 bits per heavy atom. The van der Waals surface area contributed by atoms with Gasteiger partial charge in [-0.25, -0.2) is 0 Å². The van der Waals surface area contributed by atoms with Crippen LogP contribution in [0.4, 0.5) is 0 Å². The number of fused-ring (bicyclic) bond motifs is 7. The number of rotatable bonds is 5. The summed E-state index contributed by atoms with van der Waals surface area (Å²) in [5, 5.41) is 10.3. The lowest BCUT2D eigenvalue weighted by molar-refractivity contribution is -0.150. The van der Waals surface area contributed by atoms with Crippen LogP contribution >= 0.6 is 0 Å². The van der Waals surface area contributed by atoms with Crippen LogP contribution in [0.3, 0.4) is 0 Å². The van der Waals surface area contributed by atoms with Gasteiger partial charge in [-0.1, -0.05) is 44.6 Å². The molecule has 4 fully saturated rings. The van der Waals surface area contributed by atoms with E-state index in [1.165, 1.54) is 51.4 Å². The topological polar surface area (TPSA) is 46.5 Å². The van der Waals surface area contributed by atoms with Crippen molar-refractivity contribution >= 4 is 5.97 Å². The molecule has 0 amide bonds. The van der Waals surface area contributed by atoms with Gasteiger partial charge in [0.1, 0.15) is 6.10 Å². The van der Waals surface area contributed by atoms with Crippen LogP contribution in [0.5, 0.6) is 0 Å². The minimum atomic E-state index is -0.118. The molecule has 11 atom stereocenters. The van der Waals surface area contributed by atoms with Crippen LogP contribution in [-0.4, -0.2) is 23.3 Å². The molecule has 1 N–H and O–H groups in total. The molecule has 11 unspecified atom stereocenters. The van der Waals surface area contributed by atoms with Crippen molar-refractivity contribution in [3.8, 4) is 0 Å². The van der Waals surface area contributed by atoms with Crippen LogP contribution in [0.1, 0.15) is 104 Å². The van der Waals surface area contributed by atoms with Crippen LogP contribution in [0.2, 0.25) is 0 Å². The zero-order valence-electron chi connectivity index (χ0n) is 22.4. The van der Waals surface area contributed by atoms with Crippen LogP contribution in [-0.2, 0) is 9.53 Å². The number of hydrogen-bond donors (Lipinski definition) is 1. The van der Waals surface area contributed by atoms with Crippen molar-refractivity contribution in [3.05, 3.63) is 23.8 Å². The Bertz CT molecular complexity index is 889. The maximum absolute atomic E-state index is 12.8. The molecule has 3 nitrogen and oxygen atoms in total. The van der Waals surface area contributed by atoms with E-state index in [-0.39, 0.29) is 18.2 Å². The average Bonchev–Trinajstić information content (AvgIpc) is 3.33. The van der Waals surface area contributed by atoms with Gasteiger partial charge >= 0.3 is 5.97 Å². The number of ether oxygens (including phenoxy) is 1. The number of hydrogen-bond acceptors (Lipinski definition) is 3. The molecule has 0 aliphatic heterocycles. The first-order chi connectivity index (χ1) is 16.8. The summed E-state index contributed by atoms with van der Waals surface area (Å²) >= 11 is 0. The maximum Gasteiger partial charge on any atom is 0.306 e. The largest absolute Gasteiger partial charge is 0.462 e. The van der Waals surface area contributed by atoms with Gasteiger partial charge in [-0.3, -0.25) is 4.79 Å². The Hall–Kier alpha value is -1.09. The molecule has 0 aromatic heterocycles. The molecular weight excluding hydrogens is 432 g/mol. The second-order valence-electron chi connectivity index (χ2n) is 14.1. The minimum Gasteiger partial charge on any atom is -0.462 e. The first-order valence-electron chi connectivity index (χ1n) is 15.0. The van der Waals surface area contributed by atoms with Gasteiger partial charge in [-0.05, 0) is 123 Å². The molecule has 4 saturated carbocycles. The first-order valence-corrected chi connectivity index (χ1v) is 15.0. The standard InChI is InChI=1S/C32H48O3/c1-20(7-12-30(34)35-29-18-21-5-4-6-22(29)17-21)26-10-11-27-25-9-8-23-19-24(33)13-15-31(23,2)28(25)14-16-32(26,27)3/h4,6,8,20-22,24-29,33H,5,7,9-19H2,1-3H3. The molecule has 0 aromatic rings. The van der Waals surface area contributed by atoms with Gasteiger partial charge in [0, 0.05) is 12.3 Å². The number of carbonyl (C=O) groups excluding carboxylic acids is 1. The predicted octanol–water partition coefficient (Wildman–Crippen LogP) is 7.24. The van der Waals surface area contributed by atoms with E-state index in [1.54, 1.807) is 5.57 Å². The third kappa shape index (κ3) is 4.07. The maximum atomic E-state index is 12.8. The molecule has 0 aromatic carbocycles. The van der Waals surface area contributed by atoms with Gasteiger partial charge in [0.15, 0.2) is 0 Å². The van der Waals surface area contributed by atoms with Crippen molar-refractivity contribution in [1.29, 1.82) is 0 Å². The molecule has 2 bridgehead atoms. The third-order valence-electron chi connectivity index (χ3n) is 12.4. The van der Waals surface area contributed by atoms with E-state index in [1.807, 2.05) is 0 Å². The number of aliphatic hydroxyl groups is 1. The van der Waals surface area contributed by atoms with Crippen molar-refractivity contribution in [2.24, 2.45) is 52.3 Å². The summed E-state index contributed by atoms with van der Waals surface area (Å²) in [5.41, 5.74) is 2.32. The van der Waals surface area contributed by atoms with Crippen molar-refractivity contribution in [1.82, 2.24) is 0 Å². The fourth-order valence-corrected chi connectivity index (χ4v) is 10.5. The normalized spacial score (nSPS) is 49.0. The van der Waals surface area contributed by atoms with E-state index in [2.05, 4.69) is 39.0 Å². The Morgan fingerprint density at radius 2 is 1.97 bits per heavy atom. The summed E-state index contributed by atoms with van der Waals surface area (Å²) in [7, 11) is 0. The lowest BCUT2D eigenvalue weighted by atomic mass is 9.47. The van der Waals surface area contributed by atoms with Crippen LogP contribution in [0.25, 0.3) is 0 Å². The van der Waals surface area contributed by atoms with Gasteiger partial charge in [0.05, 0.1) is 6.10 Å². The van der Waals surface area contributed by atoms with E-state index >= 15 is 0 Å². The molecule has 194 valence electrons. The summed E-state index contributed by atoms with van der Waals surface area (Å²) in [6, 6.07) is 0. The minimum absolute atomic E-state index is 0.0450. The second kappa shape index (κ2) is 9.03. The fraction of sp³-hybridized carbons (Fsp3) is 0.844. The Kier molecular flexibility index (Phi) is 6.26. The second-order valence-corrected chi connectivity index (χ2v) is 14.1. The molecule has 0 saturated heterocycles. The molecule has 0 heterocycles. The lowest BCUT2D eigenvalue weighted by Gasteiger charge is -2.58. The molecule has 0 radical (unpaired) electrons. The van der Waals surface area contributed by atoms with Crippen molar-refractivity contribution < 1.29 is 14.6 Å². The highest BCUT2D eigenvalue weighted by molar-refractivity contribution is 5.69. The van der Waals surface area contributed by atoms with Gasteiger partial charge in [0.25, 0.3) is 0 Å². The lowest BCUT2D eigenvalue weighted by Crippen LogP contribution is -2.50. The molecule has 6 rings (SSSR count). The average molecular weight is 481 g/mol. The van der Waals surface area contributed by atoms with Crippen LogP contribution in [0.15, 0.2) is 23.8 Å². The molecular formula is C32H48O3. The van der Waals surface area contributed by atoms with E-state index in [9.17, 15) is 9.90 Å². The van der Waals surface area contributed by atoms with Gasteiger partial charge < -0.3 is 9.84 Å². The number of aliphatic hydroxyl groups excluding tert-OH is 1. The van der Waals surface area contributed by atoms with Gasteiger partial charge in [-0.2, -0.15) is 0 Å². The molecule has 6 aliphatic carbocycles. The highest BCUT2D eigenvalue weighted by atomic mass is 16.5. The summed E-state index contributed by atoms with van der Waals surface area (Å²) < 4.78 is 6.00.